The summed E-state index contributed by atoms with van der Waals surface area (Å²) >= 11 is 0. The van der Waals surface area contributed by atoms with E-state index < -0.39 is 18.0 Å². The van der Waals surface area contributed by atoms with Crippen LogP contribution in [-0.4, -0.2) is 61.3 Å². The average molecular weight is 540 g/mol. The van der Waals surface area contributed by atoms with Crippen molar-refractivity contribution >= 4 is 28.9 Å². The number of hydrogen-bond donors (Lipinski definition) is 1. The molecular formula is C28H33N3O8. The standard InChI is InChI=1S/C28H33N3O8/c1-5-37-25(33)14-13-22(28(34)38-6-2)29-24(32)16-18-7-10-20(11-8-18)39-17-19-9-12-21-23(15-19)31-27(36-4)26(30-21)35-3/h7-12,15,22H,5-6,13-14,16-17H2,1-4H3,(H,29,32). The Labute approximate surface area is 226 Å². The quantitative estimate of drug-likeness (QED) is 0.304. The molecule has 2 aromatic carbocycles. The number of ether oxygens (including phenoxy) is 5. The van der Waals surface area contributed by atoms with Crippen molar-refractivity contribution in [3.8, 4) is 17.5 Å². The van der Waals surface area contributed by atoms with Crippen LogP contribution in [0.25, 0.3) is 11.0 Å². The number of carbonyl (C=O) groups is 3. The number of hydrogen-bond acceptors (Lipinski definition) is 10. The monoisotopic (exact) mass is 539 g/mol. The molecule has 39 heavy (non-hydrogen) atoms. The molecule has 1 heterocycles. The first-order chi connectivity index (χ1) is 18.9. The Morgan fingerprint density at radius 3 is 2.13 bits per heavy atom. The van der Waals surface area contributed by atoms with Crippen molar-refractivity contribution in [1.82, 2.24) is 15.3 Å². The summed E-state index contributed by atoms with van der Waals surface area (Å²) in [6.45, 7) is 4.09. The third kappa shape index (κ3) is 8.56. The fraction of sp³-hybridized carbons (Fsp3) is 0.393. The number of rotatable bonds is 14. The van der Waals surface area contributed by atoms with E-state index in [1.54, 1.807) is 38.1 Å². The number of nitrogens with one attached hydrogen (secondary N) is 1. The molecule has 0 spiro atoms. The van der Waals surface area contributed by atoms with Crippen molar-refractivity contribution in [1.29, 1.82) is 0 Å². The van der Waals surface area contributed by atoms with Gasteiger partial charge in [-0.2, -0.15) is 0 Å². The molecular weight excluding hydrogens is 506 g/mol. The molecule has 1 N–H and O–H groups in total. The maximum atomic E-state index is 12.6. The Balaban J connectivity index is 1.56. The van der Waals surface area contributed by atoms with Crippen LogP contribution in [0, 0.1) is 0 Å². The SMILES string of the molecule is CCOC(=O)CCC(NC(=O)Cc1ccc(OCc2ccc3nc(OC)c(OC)nc3c2)cc1)C(=O)OCC. The van der Waals surface area contributed by atoms with E-state index in [1.165, 1.54) is 14.2 Å². The summed E-state index contributed by atoms with van der Waals surface area (Å²) in [7, 11) is 3.01. The average Bonchev–Trinajstić information content (AvgIpc) is 2.94. The van der Waals surface area contributed by atoms with Crippen LogP contribution in [0.3, 0.4) is 0 Å². The largest absolute Gasteiger partial charge is 0.489 e. The number of aromatic nitrogens is 2. The minimum absolute atomic E-state index is 0.00481. The zero-order chi connectivity index (χ0) is 28.2. The summed E-state index contributed by atoms with van der Waals surface area (Å²) < 4.78 is 26.2. The number of fused-ring (bicyclic) bond motifs is 1. The molecule has 1 unspecified atom stereocenters. The van der Waals surface area contributed by atoms with Gasteiger partial charge in [0.1, 0.15) is 18.4 Å². The summed E-state index contributed by atoms with van der Waals surface area (Å²) in [6.07, 6.45) is 0.135. The lowest BCUT2D eigenvalue weighted by molar-refractivity contribution is -0.148. The van der Waals surface area contributed by atoms with Crippen molar-refractivity contribution in [2.75, 3.05) is 27.4 Å². The zero-order valence-corrected chi connectivity index (χ0v) is 22.5. The van der Waals surface area contributed by atoms with E-state index in [0.29, 0.717) is 35.1 Å². The van der Waals surface area contributed by atoms with E-state index in [4.69, 9.17) is 23.7 Å². The molecule has 1 amide bonds. The number of esters is 2. The van der Waals surface area contributed by atoms with Crippen LogP contribution in [0.15, 0.2) is 42.5 Å². The minimum atomic E-state index is -0.933. The lowest BCUT2D eigenvalue weighted by Gasteiger charge is -2.17. The highest BCUT2D eigenvalue weighted by molar-refractivity contribution is 5.86. The molecule has 1 aromatic heterocycles. The molecule has 0 aliphatic heterocycles. The van der Waals surface area contributed by atoms with Gasteiger partial charge in [0, 0.05) is 6.42 Å². The highest BCUT2D eigenvalue weighted by Gasteiger charge is 2.23. The van der Waals surface area contributed by atoms with Crippen molar-refractivity contribution in [2.24, 2.45) is 0 Å². The van der Waals surface area contributed by atoms with Crippen LogP contribution >= 0.6 is 0 Å². The molecule has 0 fully saturated rings. The fourth-order valence-electron chi connectivity index (χ4n) is 3.71. The van der Waals surface area contributed by atoms with Crippen molar-refractivity contribution in [3.05, 3.63) is 53.6 Å². The Kier molecular flexibility index (Phi) is 10.8. The van der Waals surface area contributed by atoms with Gasteiger partial charge in [-0.15, -0.1) is 0 Å². The van der Waals surface area contributed by atoms with Gasteiger partial charge in [-0.25, -0.2) is 14.8 Å². The number of nitrogens with zero attached hydrogens (tertiary/aromatic N) is 2. The predicted molar refractivity (Wildman–Crippen MR) is 142 cm³/mol. The van der Waals surface area contributed by atoms with Gasteiger partial charge in [-0.1, -0.05) is 18.2 Å². The van der Waals surface area contributed by atoms with Crippen molar-refractivity contribution < 1.29 is 38.1 Å². The first-order valence-corrected chi connectivity index (χ1v) is 12.6. The Morgan fingerprint density at radius 2 is 1.49 bits per heavy atom. The first-order valence-electron chi connectivity index (χ1n) is 12.6. The summed E-state index contributed by atoms with van der Waals surface area (Å²) in [4.78, 5) is 45.3. The molecule has 0 saturated heterocycles. The predicted octanol–water partition coefficient (Wildman–Crippen LogP) is 3.16. The van der Waals surface area contributed by atoms with Gasteiger partial charge >= 0.3 is 11.9 Å². The number of methoxy groups -OCH3 is 2. The molecule has 3 aromatic rings. The second-order valence-corrected chi connectivity index (χ2v) is 8.39. The lowest BCUT2D eigenvalue weighted by Crippen LogP contribution is -2.43. The topological polar surface area (TPSA) is 135 Å². The molecule has 1 atom stereocenters. The molecule has 11 heteroatoms. The van der Waals surface area contributed by atoms with Gasteiger partial charge in [-0.05, 0) is 55.7 Å². The molecule has 0 saturated carbocycles. The molecule has 0 aliphatic rings. The van der Waals surface area contributed by atoms with E-state index >= 15 is 0 Å². The van der Waals surface area contributed by atoms with E-state index in [9.17, 15) is 14.4 Å². The first kappa shape index (κ1) is 29.2. The van der Waals surface area contributed by atoms with Gasteiger partial charge in [0.25, 0.3) is 11.8 Å². The van der Waals surface area contributed by atoms with Crippen molar-refractivity contribution in [2.45, 2.75) is 45.8 Å². The molecule has 0 radical (unpaired) electrons. The van der Waals surface area contributed by atoms with Crippen LogP contribution in [0.4, 0.5) is 0 Å². The maximum Gasteiger partial charge on any atom is 0.328 e. The van der Waals surface area contributed by atoms with E-state index in [2.05, 4.69) is 15.3 Å². The third-order valence-electron chi connectivity index (χ3n) is 5.60. The lowest BCUT2D eigenvalue weighted by atomic mass is 10.1. The number of carbonyl (C=O) groups excluding carboxylic acids is 3. The van der Waals surface area contributed by atoms with E-state index in [-0.39, 0.29) is 38.4 Å². The molecule has 0 aliphatic carbocycles. The smallest absolute Gasteiger partial charge is 0.328 e. The molecule has 11 nitrogen and oxygen atoms in total. The van der Waals surface area contributed by atoms with Crippen LogP contribution in [-0.2, 0) is 36.9 Å². The van der Waals surface area contributed by atoms with Gasteiger partial charge in [0.2, 0.25) is 5.91 Å². The Hall–Kier alpha value is -4.41. The van der Waals surface area contributed by atoms with Crippen LogP contribution < -0.4 is 19.5 Å². The maximum absolute atomic E-state index is 12.6. The second kappa shape index (κ2) is 14.5. The van der Waals surface area contributed by atoms with Crippen LogP contribution in [0.5, 0.6) is 17.5 Å². The van der Waals surface area contributed by atoms with Crippen LogP contribution in [0.1, 0.15) is 37.8 Å². The fourth-order valence-corrected chi connectivity index (χ4v) is 3.71. The van der Waals surface area contributed by atoms with Gasteiger partial charge < -0.3 is 29.0 Å². The summed E-state index contributed by atoms with van der Waals surface area (Å²) in [5, 5.41) is 2.66. The van der Waals surface area contributed by atoms with E-state index in [1.807, 2.05) is 18.2 Å². The zero-order valence-electron chi connectivity index (χ0n) is 22.5. The Bertz CT molecular complexity index is 1280. The normalized spacial score (nSPS) is 11.4. The number of amides is 1. The van der Waals surface area contributed by atoms with Crippen LogP contribution in [0.2, 0.25) is 0 Å². The number of benzene rings is 2. The van der Waals surface area contributed by atoms with Crippen molar-refractivity contribution in [3.63, 3.8) is 0 Å². The van der Waals surface area contributed by atoms with Gasteiger partial charge in [0.05, 0.1) is 44.9 Å². The molecule has 0 bridgehead atoms. The summed E-state index contributed by atoms with van der Waals surface area (Å²) in [5.41, 5.74) is 2.94. The molecule has 3 rings (SSSR count). The second-order valence-electron chi connectivity index (χ2n) is 8.39. The highest BCUT2D eigenvalue weighted by atomic mass is 16.5. The summed E-state index contributed by atoms with van der Waals surface area (Å²) in [5.74, 6) is -0.151. The summed E-state index contributed by atoms with van der Waals surface area (Å²) in [6, 6.07) is 11.7. The third-order valence-corrected chi connectivity index (χ3v) is 5.60. The highest BCUT2D eigenvalue weighted by Crippen LogP contribution is 2.25. The van der Waals surface area contributed by atoms with Gasteiger partial charge in [0.15, 0.2) is 0 Å². The van der Waals surface area contributed by atoms with E-state index in [0.717, 1.165) is 11.1 Å². The molecule has 208 valence electrons. The minimum Gasteiger partial charge on any atom is -0.489 e. The Morgan fingerprint density at radius 1 is 0.846 bits per heavy atom. The van der Waals surface area contributed by atoms with Gasteiger partial charge in [-0.3, -0.25) is 9.59 Å².